The van der Waals surface area contributed by atoms with Crippen LogP contribution in [-0.2, 0) is 6.54 Å². The van der Waals surface area contributed by atoms with Crippen LogP contribution >= 0.6 is 27.3 Å². The van der Waals surface area contributed by atoms with E-state index in [-0.39, 0.29) is 5.56 Å². The van der Waals surface area contributed by atoms with Crippen LogP contribution in [0, 0.1) is 13.8 Å². The highest BCUT2D eigenvalue weighted by atomic mass is 79.9. The summed E-state index contributed by atoms with van der Waals surface area (Å²) < 4.78 is 8.53. The van der Waals surface area contributed by atoms with Gasteiger partial charge in [0.25, 0.3) is 5.56 Å². The van der Waals surface area contributed by atoms with Crippen LogP contribution in [0.4, 0.5) is 0 Å². The third-order valence-corrected chi connectivity index (χ3v) is 6.61. The Balaban J connectivity index is 1.47. The smallest absolute Gasteiger partial charge is 0.262 e. The number of rotatable bonds is 7. The van der Waals surface area contributed by atoms with E-state index in [0.717, 1.165) is 49.3 Å². The summed E-state index contributed by atoms with van der Waals surface area (Å²) in [5, 5.41) is 0.721. The first kappa shape index (κ1) is 20.8. The van der Waals surface area contributed by atoms with Crippen LogP contribution in [0.3, 0.4) is 0 Å². The van der Waals surface area contributed by atoms with Gasteiger partial charge in [0.05, 0.1) is 18.3 Å². The van der Waals surface area contributed by atoms with E-state index in [2.05, 4.69) is 34.8 Å². The van der Waals surface area contributed by atoms with Gasteiger partial charge < -0.3 is 4.74 Å². The van der Waals surface area contributed by atoms with E-state index in [1.807, 2.05) is 48.5 Å². The zero-order valence-corrected chi connectivity index (χ0v) is 19.4. The minimum absolute atomic E-state index is 0.0294. The SMILES string of the molecule is Cc1ccc(OCCCCn2cnc3sc(C)c(-c4ccc(Br)cc4)c3c2=O)cc1. The predicted molar refractivity (Wildman–Crippen MR) is 128 cm³/mol. The number of halogens is 1. The Morgan fingerprint density at radius 3 is 2.50 bits per heavy atom. The van der Waals surface area contributed by atoms with Gasteiger partial charge in [-0.2, -0.15) is 0 Å². The van der Waals surface area contributed by atoms with E-state index in [1.165, 1.54) is 5.56 Å². The molecular weight excluding hydrogens is 460 g/mol. The van der Waals surface area contributed by atoms with Crippen LogP contribution in [-0.4, -0.2) is 16.2 Å². The molecule has 0 aliphatic heterocycles. The van der Waals surface area contributed by atoms with Gasteiger partial charge in [0.15, 0.2) is 0 Å². The van der Waals surface area contributed by atoms with E-state index in [4.69, 9.17) is 4.74 Å². The summed E-state index contributed by atoms with van der Waals surface area (Å²) in [6.45, 7) is 5.38. The van der Waals surface area contributed by atoms with Crippen molar-refractivity contribution in [1.29, 1.82) is 0 Å². The quantitative estimate of drug-likeness (QED) is 0.287. The molecule has 0 bridgehead atoms. The first-order chi connectivity index (χ1) is 14.5. The van der Waals surface area contributed by atoms with E-state index in [0.29, 0.717) is 13.2 Å². The fraction of sp³-hybridized carbons (Fsp3) is 0.250. The summed E-state index contributed by atoms with van der Waals surface area (Å²) in [6, 6.07) is 16.1. The van der Waals surface area contributed by atoms with E-state index in [9.17, 15) is 4.79 Å². The van der Waals surface area contributed by atoms with Crippen molar-refractivity contribution in [3.8, 4) is 16.9 Å². The van der Waals surface area contributed by atoms with Gasteiger partial charge in [0.2, 0.25) is 0 Å². The number of hydrogen-bond acceptors (Lipinski definition) is 4. The number of unbranched alkanes of at least 4 members (excludes halogenated alkanes) is 1. The van der Waals surface area contributed by atoms with Crippen molar-refractivity contribution in [2.75, 3.05) is 6.61 Å². The van der Waals surface area contributed by atoms with Gasteiger partial charge in [-0.15, -0.1) is 11.3 Å². The molecule has 0 spiro atoms. The molecule has 0 unspecified atom stereocenters. The second-order valence-corrected chi connectivity index (χ2v) is 9.45. The Kier molecular flexibility index (Phi) is 6.35. The number of aryl methyl sites for hydroxylation is 3. The van der Waals surface area contributed by atoms with Crippen molar-refractivity contribution in [2.24, 2.45) is 0 Å². The monoisotopic (exact) mass is 482 g/mol. The van der Waals surface area contributed by atoms with Crippen molar-refractivity contribution >= 4 is 37.5 Å². The first-order valence-electron chi connectivity index (χ1n) is 9.97. The van der Waals surface area contributed by atoms with Crippen LogP contribution in [0.1, 0.15) is 23.3 Å². The van der Waals surface area contributed by atoms with Crippen molar-refractivity contribution in [3.05, 3.63) is 80.1 Å². The Labute approximate surface area is 188 Å². The molecular formula is C24H23BrN2O2S. The van der Waals surface area contributed by atoms with Crippen molar-refractivity contribution in [1.82, 2.24) is 9.55 Å². The molecule has 0 saturated carbocycles. The second kappa shape index (κ2) is 9.14. The zero-order valence-electron chi connectivity index (χ0n) is 17.0. The average molecular weight is 483 g/mol. The Bertz CT molecular complexity index is 1210. The fourth-order valence-corrected chi connectivity index (χ4v) is 4.74. The normalized spacial score (nSPS) is 11.2. The topological polar surface area (TPSA) is 44.1 Å². The average Bonchev–Trinajstić information content (AvgIpc) is 3.08. The summed E-state index contributed by atoms with van der Waals surface area (Å²) in [6.07, 6.45) is 3.41. The van der Waals surface area contributed by atoms with E-state index >= 15 is 0 Å². The number of fused-ring (bicyclic) bond motifs is 1. The lowest BCUT2D eigenvalue weighted by atomic mass is 10.0. The Morgan fingerprint density at radius 1 is 1.03 bits per heavy atom. The van der Waals surface area contributed by atoms with Crippen molar-refractivity contribution < 1.29 is 4.74 Å². The largest absolute Gasteiger partial charge is 0.494 e. The second-order valence-electron chi connectivity index (χ2n) is 7.33. The summed E-state index contributed by atoms with van der Waals surface area (Å²) in [5.41, 5.74) is 3.29. The van der Waals surface area contributed by atoms with Crippen molar-refractivity contribution in [2.45, 2.75) is 33.2 Å². The molecule has 0 radical (unpaired) electrons. The number of aromatic nitrogens is 2. The predicted octanol–water partition coefficient (Wildman–Crippen LogP) is 6.36. The lowest BCUT2D eigenvalue weighted by Crippen LogP contribution is -2.20. The molecule has 0 aliphatic carbocycles. The summed E-state index contributed by atoms with van der Waals surface area (Å²) in [5.74, 6) is 0.883. The molecule has 2 aromatic heterocycles. The molecule has 0 fully saturated rings. The summed E-state index contributed by atoms with van der Waals surface area (Å²) >= 11 is 5.05. The molecule has 2 aromatic carbocycles. The number of benzene rings is 2. The minimum Gasteiger partial charge on any atom is -0.494 e. The molecule has 4 aromatic rings. The summed E-state index contributed by atoms with van der Waals surface area (Å²) in [7, 11) is 0. The Hall–Kier alpha value is -2.44. The van der Waals surface area contributed by atoms with Gasteiger partial charge in [-0.25, -0.2) is 4.98 Å². The third-order valence-electron chi connectivity index (χ3n) is 5.07. The van der Waals surface area contributed by atoms with Crippen LogP contribution < -0.4 is 10.3 Å². The molecule has 0 N–H and O–H groups in total. The standard InChI is InChI=1S/C24H23BrN2O2S/c1-16-5-11-20(12-6-16)29-14-4-3-13-27-15-26-23-22(24(27)28)21(17(2)30-23)18-7-9-19(25)10-8-18/h5-12,15H,3-4,13-14H2,1-2H3. The number of hydrogen-bond donors (Lipinski definition) is 0. The number of nitrogens with zero attached hydrogens (tertiary/aromatic N) is 2. The fourth-order valence-electron chi connectivity index (χ4n) is 3.47. The highest BCUT2D eigenvalue weighted by Gasteiger charge is 2.16. The van der Waals surface area contributed by atoms with E-state index < -0.39 is 0 Å². The molecule has 0 saturated heterocycles. The van der Waals surface area contributed by atoms with Crippen LogP contribution in [0.15, 0.2) is 64.1 Å². The minimum atomic E-state index is 0.0294. The van der Waals surface area contributed by atoms with Gasteiger partial charge in [0, 0.05) is 21.5 Å². The maximum atomic E-state index is 13.2. The zero-order chi connectivity index (χ0) is 21.1. The lowest BCUT2D eigenvalue weighted by Gasteiger charge is -2.08. The van der Waals surface area contributed by atoms with Crippen LogP contribution in [0.2, 0.25) is 0 Å². The van der Waals surface area contributed by atoms with Gasteiger partial charge in [-0.1, -0.05) is 45.8 Å². The summed E-state index contributed by atoms with van der Waals surface area (Å²) in [4.78, 5) is 19.7. The maximum Gasteiger partial charge on any atom is 0.262 e. The molecule has 2 heterocycles. The molecule has 0 aliphatic rings. The molecule has 0 atom stereocenters. The first-order valence-corrected chi connectivity index (χ1v) is 11.6. The lowest BCUT2D eigenvalue weighted by molar-refractivity contribution is 0.303. The van der Waals surface area contributed by atoms with Gasteiger partial charge in [-0.05, 0) is 56.5 Å². The molecule has 6 heteroatoms. The maximum absolute atomic E-state index is 13.2. The number of thiophene rings is 1. The van der Waals surface area contributed by atoms with Gasteiger partial charge in [-0.3, -0.25) is 9.36 Å². The van der Waals surface area contributed by atoms with E-state index in [1.54, 1.807) is 22.2 Å². The Morgan fingerprint density at radius 2 is 1.77 bits per heavy atom. The van der Waals surface area contributed by atoms with Gasteiger partial charge >= 0.3 is 0 Å². The van der Waals surface area contributed by atoms with Crippen LogP contribution in [0.5, 0.6) is 5.75 Å². The molecule has 30 heavy (non-hydrogen) atoms. The van der Waals surface area contributed by atoms with Crippen molar-refractivity contribution in [3.63, 3.8) is 0 Å². The third kappa shape index (κ3) is 4.50. The molecule has 0 amide bonds. The number of ether oxygens (including phenoxy) is 1. The molecule has 4 nitrogen and oxygen atoms in total. The molecule has 4 rings (SSSR count). The van der Waals surface area contributed by atoms with Gasteiger partial charge in [0.1, 0.15) is 10.6 Å². The van der Waals surface area contributed by atoms with Crippen LogP contribution in [0.25, 0.3) is 21.3 Å². The molecule has 154 valence electrons. The highest BCUT2D eigenvalue weighted by Crippen LogP contribution is 2.35. The highest BCUT2D eigenvalue weighted by molar-refractivity contribution is 9.10.